The van der Waals surface area contributed by atoms with E-state index in [1.165, 1.54) is 4.80 Å². The maximum absolute atomic E-state index is 14.6. The molecule has 1 aliphatic carbocycles. The van der Waals surface area contributed by atoms with Crippen LogP contribution in [0.1, 0.15) is 36.0 Å². The molecule has 9 nitrogen and oxygen atoms in total. The third-order valence-corrected chi connectivity index (χ3v) is 5.16. The highest BCUT2D eigenvalue weighted by molar-refractivity contribution is 5.98. The number of anilines is 3. The van der Waals surface area contributed by atoms with E-state index in [9.17, 15) is 9.18 Å². The maximum atomic E-state index is 14.6. The maximum Gasteiger partial charge on any atom is 0.252 e. The summed E-state index contributed by atoms with van der Waals surface area (Å²) >= 11 is 0. The zero-order valence-electron chi connectivity index (χ0n) is 16.3. The molecule has 0 aliphatic heterocycles. The molecule has 2 atom stereocenters. The molecule has 1 fully saturated rings. The van der Waals surface area contributed by atoms with Crippen LogP contribution in [0.15, 0.2) is 42.7 Å². The second kappa shape index (κ2) is 8.46. The van der Waals surface area contributed by atoms with Crippen molar-refractivity contribution < 1.29 is 9.18 Å². The van der Waals surface area contributed by atoms with Crippen molar-refractivity contribution in [3.8, 4) is 5.69 Å². The molecule has 2 aromatic heterocycles. The Kier molecular flexibility index (Phi) is 5.57. The Balaban J connectivity index is 1.60. The van der Waals surface area contributed by atoms with Crippen molar-refractivity contribution in [3.05, 3.63) is 54.1 Å². The largest absolute Gasteiger partial charge is 0.365 e. The zero-order valence-corrected chi connectivity index (χ0v) is 16.3. The fraction of sp³-hybridized carbons (Fsp3) is 0.300. The monoisotopic (exact) mass is 410 g/mol. The average molecular weight is 410 g/mol. The number of carbonyl (C=O) groups excluding carboxylic acids is 1. The summed E-state index contributed by atoms with van der Waals surface area (Å²) in [4.78, 5) is 17.6. The first-order valence-electron chi connectivity index (χ1n) is 9.77. The van der Waals surface area contributed by atoms with Gasteiger partial charge in [-0.2, -0.15) is 15.0 Å². The Labute approximate surface area is 172 Å². The first kappa shape index (κ1) is 19.8. The molecule has 1 amide bonds. The van der Waals surface area contributed by atoms with Gasteiger partial charge < -0.3 is 22.1 Å². The molecule has 30 heavy (non-hydrogen) atoms. The number of halogens is 1. The number of nitrogens with zero attached hydrogens (tertiary/aromatic N) is 4. The van der Waals surface area contributed by atoms with E-state index in [2.05, 4.69) is 25.8 Å². The predicted octanol–water partition coefficient (Wildman–Crippen LogP) is 2.33. The van der Waals surface area contributed by atoms with Gasteiger partial charge in [-0.25, -0.2) is 9.37 Å². The summed E-state index contributed by atoms with van der Waals surface area (Å²) in [7, 11) is 0. The number of carbonyl (C=O) groups is 1. The Morgan fingerprint density at radius 1 is 1.10 bits per heavy atom. The van der Waals surface area contributed by atoms with Gasteiger partial charge in [0.05, 0.1) is 23.6 Å². The lowest BCUT2D eigenvalue weighted by atomic mass is 9.91. The first-order valence-corrected chi connectivity index (χ1v) is 9.77. The van der Waals surface area contributed by atoms with Crippen LogP contribution in [-0.4, -0.2) is 38.0 Å². The van der Waals surface area contributed by atoms with Gasteiger partial charge in [-0.15, -0.1) is 0 Å². The Morgan fingerprint density at radius 2 is 1.80 bits per heavy atom. The van der Waals surface area contributed by atoms with Crippen molar-refractivity contribution in [1.29, 1.82) is 0 Å². The molecule has 0 bridgehead atoms. The van der Waals surface area contributed by atoms with Crippen LogP contribution < -0.4 is 22.1 Å². The van der Waals surface area contributed by atoms with Gasteiger partial charge in [0.2, 0.25) is 0 Å². The molecular weight excluding hydrogens is 387 g/mol. The van der Waals surface area contributed by atoms with Crippen LogP contribution in [0.25, 0.3) is 5.69 Å². The molecule has 2 heterocycles. The lowest BCUT2D eigenvalue weighted by Crippen LogP contribution is -2.43. The van der Waals surface area contributed by atoms with Gasteiger partial charge in [0, 0.05) is 17.8 Å². The fourth-order valence-electron chi connectivity index (χ4n) is 3.55. The van der Waals surface area contributed by atoms with Gasteiger partial charge in [0.25, 0.3) is 5.91 Å². The highest BCUT2D eigenvalue weighted by atomic mass is 19.1. The number of hydrogen-bond acceptors (Lipinski definition) is 7. The molecule has 0 saturated heterocycles. The van der Waals surface area contributed by atoms with Crippen LogP contribution in [0.4, 0.5) is 21.7 Å². The van der Waals surface area contributed by atoms with Gasteiger partial charge in [0.1, 0.15) is 5.82 Å². The first-order chi connectivity index (χ1) is 14.5. The van der Waals surface area contributed by atoms with E-state index in [1.807, 2.05) is 0 Å². The molecular formula is C20H23FN8O. The smallest absolute Gasteiger partial charge is 0.252 e. The SMILES string of the molecule is NC(=O)c1cc(F)c(N[C@@H]2CCCC[C@@H]2N)nc1Nc1ccc(-n2nccn2)cc1. The molecule has 0 radical (unpaired) electrons. The van der Waals surface area contributed by atoms with Crippen molar-refractivity contribution >= 4 is 23.2 Å². The van der Waals surface area contributed by atoms with E-state index in [1.54, 1.807) is 36.7 Å². The minimum absolute atomic E-state index is 0.0381. The molecule has 6 N–H and O–H groups in total. The lowest BCUT2D eigenvalue weighted by Gasteiger charge is -2.30. The number of rotatable bonds is 6. The number of hydrogen-bond donors (Lipinski definition) is 4. The molecule has 0 spiro atoms. The van der Waals surface area contributed by atoms with Crippen LogP contribution in [0.5, 0.6) is 0 Å². The summed E-state index contributed by atoms with van der Waals surface area (Å²) in [5.41, 5.74) is 13.0. The van der Waals surface area contributed by atoms with E-state index in [-0.39, 0.29) is 29.3 Å². The summed E-state index contributed by atoms with van der Waals surface area (Å²) in [6, 6.07) is 8.10. The molecule has 0 unspecified atom stereocenters. The van der Waals surface area contributed by atoms with E-state index in [0.717, 1.165) is 37.4 Å². The summed E-state index contributed by atoms with van der Waals surface area (Å²) in [5.74, 6) is -1.21. The van der Waals surface area contributed by atoms with E-state index >= 15 is 0 Å². The Morgan fingerprint density at radius 3 is 2.47 bits per heavy atom. The van der Waals surface area contributed by atoms with Crippen molar-refractivity contribution in [3.63, 3.8) is 0 Å². The standard InChI is InChI=1S/C20H23FN8O/c21-15-11-14(18(23)30)19(28-20(15)27-17-4-2-1-3-16(17)22)26-12-5-7-13(8-6-12)29-24-9-10-25-29/h5-11,16-17H,1-4,22H2,(H2,23,30)(H2,26,27,28)/t16-,17+/m0/s1. The van der Waals surface area contributed by atoms with Crippen molar-refractivity contribution in [2.24, 2.45) is 11.5 Å². The van der Waals surface area contributed by atoms with Crippen molar-refractivity contribution in [1.82, 2.24) is 20.0 Å². The fourth-order valence-corrected chi connectivity index (χ4v) is 3.55. The van der Waals surface area contributed by atoms with Gasteiger partial charge in [-0.1, -0.05) is 12.8 Å². The Bertz CT molecular complexity index is 1020. The van der Waals surface area contributed by atoms with Crippen molar-refractivity contribution in [2.45, 2.75) is 37.8 Å². The number of benzene rings is 1. The van der Waals surface area contributed by atoms with Crippen LogP contribution in [-0.2, 0) is 0 Å². The predicted molar refractivity (Wildman–Crippen MR) is 111 cm³/mol. The van der Waals surface area contributed by atoms with E-state index in [0.29, 0.717) is 5.69 Å². The number of nitrogens with two attached hydrogens (primary N) is 2. The average Bonchev–Trinajstić information content (AvgIpc) is 3.27. The quantitative estimate of drug-likeness (QED) is 0.489. The number of primary amides is 1. The molecule has 10 heteroatoms. The van der Waals surface area contributed by atoms with Crippen LogP contribution >= 0.6 is 0 Å². The molecule has 1 aromatic carbocycles. The van der Waals surface area contributed by atoms with Crippen LogP contribution in [0.2, 0.25) is 0 Å². The minimum Gasteiger partial charge on any atom is -0.365 e. The second-order valence-corrected chi connectivity index (χ2v) is 7.27. The van der Waals surface area contributed by atoms with Gasteiger partial charge in [-0.3, -0.25) is 4.79 Å². The highest BCUT2D eigenvalue weighted by Gasteiger charge is 2.24. The molecule has 156 valence electrons. The van der Waals surface area contributed by atoms with Gasteiger partial charge in [-0.05, 0) is 43.2 Å². The minimum atomic E-state index is -0.776. The van der Waals surface area contributed by atoms with Crippen LogP contribution in [0, 0.1) is 5.82 Å². The molecule has 1 saturated carbocycles. The molecule has 4 rings (SSSR count). The summed E-state index contributed by atoms with van der Waals surface area (Å²) < 4.78 is 14.6. The molecule has 3 aromatic rings. The third kappa shape index (κ3) is 4.23. The normalized spacial score (nSPS) is 18.7. The summed E-state index contributed by atoms with van der Waals surface area (Å²) in [5, 5.41) is 14.3. The Hall–Kier alpha value is -3.53. The van der Waals surface area contributed by atoms with E-state index < -0.39 is 11.7 Å². The summed E-state index contributed by atoms with van der Waals surface area (Å²) in [6.07, 6.45) is 6.97. The number of pyridine rings is 1. The topological polar surface area (TPSA) is 137 Å². The number of nitrogens with one attached hydrogen (secondary N) is 2. The van der Waals surface area contributed by atoms with Gasteiger partial charge in [0.15, 0.2) is 11.6 Å². The zero-order chi connectivity index (χ0) is 21.1. The number of amides is 1. The lowest BCUT2D eigenvalue weighted by molar-refractivity contribution is 0.100. The van der Waals surface area contributed by atoms with Gasteiger partial charge >= 0.3 is 0 Å². The summed E-state index contributed by atoms with van der Waals surface area (Å²) in [6.45, 7) is 0. The van der Waals surface area contributed by atoms with E-state index in [4.69, 9.17) is 11.5 Å². The van der Waals surface area contributed by atoms with Crippen LogP contribution in [0.3, 0.4) is 0 Å². The number of aromatic nitrogens is 4. The second-order valence-electron chi connectivity index (χ2n) is 7.27. The van der Waals surface area contributed by atoms with Crippen molar-refractivity contribution in [2.75, 3.05) is 10.6 Å². The highest BCUT2D eigenvalue weighted by Crippen LogP contribution is 2.27. The molecule has 1 aliphatic rings. The third-order valence-electron chi connectivity index (χ3n) is 5.16.